The number of rotatable bonds is 0. The normalized spacial score (nSPS) is 46.8. The summed E-state index contributed by atoms with van der Waals surface area (Å²) in [5.74, 6) is 0.634. The third kappa shape index (κ3) is 0.646. The fourth-order valence-corrected chi connectivity index (χ4v) is 2.89. The maximum Gasteiger partial charge on any atom is 0.0182 e. The van der Waals surface area contributed by atoms with Gasteiger partial charge in [-0.1, -0.05) is 20.8 Å². The van der Waals surface area contributed by atoms with Gasteiger partial charge in [0.2, 0.25) is 0 Å². The third-order valence-corrected chi connectivity index (χ3v) is 4.33. The molecular weight excluding hydrogens is 134 g/mol. The van der Waals surface area contributed by atoms with Gasteiger partial charge in [-0.2, -0.15) is 0 Å². The molecule has 1 N–H and O–H groups in total. The largest absolute Gasteiger partial charge is 0.309 e. The van der Waals surface area contributed by atoms with E-state index in [1.807, 2.05) is 0 Å². The van der Waals surface area contributed by atoms with E-state index in [9.17, 15) is 0 Å². The van der Waals surface area contributed by atoms with E-state index >= 15 is 0 Å². The van der Waals surface area contributed by atoms with Crippen molar-refractivity contribution >= 4 is 5.71 Å². The Balaban J connectivity index is 2.44. The lowest BCUT2D eigenvalue weighted by Crippen LogP contribution is -2.36. The molecule has 2 atom stereocenters. The molecule has 2 fully saturated rings. The van der Waals surface area contributed by atoms with Gasteiger partial charge in [0.25, 0.3) is 0 Å². The average Bonchev–Trinajstić information content (AvgIpc) is 2.36. The minimum atomic E-state index is 0.190. The van der Waals surface area contributed by atoms with E-state index < -0.39 is 0 Å². The number of nitrogens with one attached hydrogen (secondary N) is 1. The van der Waals surface area contributed by atoms with E-state index in [4.69, 9.17) is 5.41 Å². The van der Waals surface area contributed by atoms with Crippen molar-refractivity contribution in [3.05, 3.63) is 0 Å². The lowest BCUT2D eigenvalue weighted by Gasteiger charge is -2.39. The average molecular weight is 151 g/mol. The fraction of sp³-hybridized carbons (Fsp3) is 0.900. The van der Waals surface area contributed by atoms with Crippen LogP contribution in [0.15, 0.2) is 0 Å². The standard InChI is InChI=1S/C10H17N/c1-9(2)8(11)7-4-5-10(9,3)6-7/h7,11H,4-6H2,1-3H3. The van der Waals surface area contributed by atoms with E-state index in [1.54, 1.807) is 0 Å². The molecule has 0 aliphatic heterocycles. The molecule has 11 heavy (non-hydrogen) atoms. The van der Waals surface area contributed by atoms with Crippen LogP contribution in [-0.4, -0.2) is 5.71 Å². The van der Waals surface area contributed by atoms with Gasteiger partial charge >= 0.3 is 0 Å². The highest BCUT2D eigenvalue weighted by molar-refractivity contribution is 5.93. The van der Waals surface area contributed by atoms with Gasteiger partial charge in [-0.25, -0.2) is 0 Å². The molecule has 1 heteroatoms. The van der Waals surface area contributed by atoms with Gasteiger partial charge in [0, 0.05) is 11.1 Å². The maximum atomic E-state index is 7.96. The van der Waals surface area contributed by atoms with Crippen molar-refractivity contribution in [3.63, 3.8) is 0 Å². The third-order valence-electron chi connectivity index (χ3n) is 4.33. The highest BCUT2D eigenvalue weighted by Crippen LogP contribution is 2.61. The lowest BCUT2D eigenvalue weighted by atomic mass is 9.65. The van der Waals surface area contributed by atoms with Crippen molar-refractivity contribution in [1.82, 2.24) is 0 Å². The highest BCUT2D eigenvalue weighted by Gasteiger charge is 2.57. The first-order valence-electron chi connectivity index (χ1n) is 4.56. The van der Waals surface area contributed by atoms with E-state index in [0.29, 0.717) is 11.3 Å². The molecule has 0 saturated heterocycles. The van der Waals surface area contributed by atoms with E-state index in [2.05, 4.69) is 20.8 Å². The molecule has 0 aromatic carbocycles. The van der Waals surface area contributed by atoms with Crippen molar-refractivity contribution in [2.24, 2.45) is 16.7 Å². The van der Waals surface area contributed by atoms with Crippen molar-refractivity contribution in [3.8, 4) is 0 Å². The van der Waals surface area contributed by atoms with E-state index in [1.165, 1.54) is 19.3 Å². The molecular formula is C10H17N. The predicted molar refractivity (Wildman–Crippen MR) is 47.0 cm³/mol. The number of hydrogen-bond acceptors (Lipinski definition) is 1. The van der Waals surface area contributed by atoms with Crippen LogP contribution in [0.3, 0.4) is 0 Å². The number of fused-ring (bicyclic) bond motifs is 2. The van der Waals surface area contributed by atoms with E-state index in [-0.39, 0.29) is 5.41 Å². The predicted octanol–water partition coefficient (Wildman–Crippen LogP) is 2.85. The van der Waals surface area contributed by atoms with Crippen LogP contribution in [0.1, 0.15) is 40.0 Å². The van der Waals surface area contributed by atoms with Crippen LogP contribution in [0.25, 0.3) is 0 Å². The molecule has 0 heterocycles. The summed E-state index contributed by atoms with van der Waals surface area (Å²) in [6.07, 6.45) is 3.89. The summed E-state index contributed by atoms with van der Waals surface area (Å²) < 4.78 is 0. The van der Waals surface area contributed by atoms with Crippen LogP contribution in [-0.2, 0) is 0 Å². The topological polar surface area (TPSA) is 23.9 Å². The Hall–Kier alpha value is -0.330. The zero-order chi connectivity index (χ0) is 8.28. The first kappa shape index (κ1) is 7.33. The molecule has 2 aliphatic carbocycles. The van der Waals surface area contributed by atoms with Gasteiger partial charge in [-0.15, -0.1) is 0 Å². The Labute approximate surface area is 68.7 Å². The Kier molecular flexibility index (Phi) is 1.13. The Morgan fingerprint density at radius 2 is 2.00 bits per heavy atom. The minimum Gasteiger partial charge on any atom is -0.309 e. The summed E-state index contributed by atoms with van der Waals surface area (Å²) >= 11 is 0. The molecule has 2 unspecified atom stereocenters. The van der Waals surface area contributed by atoms with Crippen LogP contribution in [0.4, 0.5) is 0 Å². The first-order valence-corrected chi connectivity index (χ1v) is 4.56. The quantitative estimate of drug-likeness (QED) is 0.550. The summed E-state index contributed by atoms with van der Waals surface area (Å²) in [5.41, 5.74) is 1.66. The summed E-state index contributed by atoms with van der Waals surface area (Å²) in [7, 11) is 0. The van der Waals surface area contributed by atoms with Crippen molar-refractivity contribution < 1.29 is 0 Å². The van der Waals surface area contributed by atoms with Gasteiger partial charge in [0.15, 0.2) is 0 Å². The Morgan fingerprint density at radius 3 is 2.27 bits per heavy atom. The van der Waals surface area contributed by atoms with Crippen LogP contribution < -0.4 is 0 Å². The molecule has 0 radical (unpaired) electrons. The van der Waals surface area contributed by atoms with Crippen LogP contribution >= 0.6 is 0 Å². The van der Waals surface area contributed by atoms with Crippen molar-refractivity contribution in [2.75, 3.05) is 0 Å². The second-order valence-electron chi connectivity index (χ2n) is 5.04. The van der Waals surface area contributed by atoms with Crippen LogP contribution in [0, 0.1) is 22.2 Å². The summed E-state index contributed by atoms with van der Waals surface area (Å²) in [6.45, 7) is 6.84. The minimum absolute atomic E-state index is 0.190. The molecule has 2 bridgehead atoms. The van der Waals surface area contributed by atoms with Gasteiger partial charge in [0.05, 0.1) is 0 Å². The molecule has 0 spiro atoms. The van der Waals surface area contributed by atoms with Gasteiger partial charge < -0.3 is 5.41 Å². The Bertz CT molecular complexity index is 217. The summed E-state index contributed by atoms with van der Waals surface area (Å²) in [6, 6.07) is 0. The molecule has 0 amide bonds. The van der Waals surface area contributed by atoms with Gasteiger partial charge in [-0.05, 0) is 30.6 Å². The smallest absolute Gasteiger partial charge is 0.0182 e. The fourth-order valence-electron chi connectivity index (χ4n) is 2.89. The Morgan fingerprint density at radius 1 is 1.36 bits per heavy atom. The molecule has 2 saturated carbocycles. The summed E-state index contributed by atoms with van der Waals surface area (Å²) in [5, 5.41) is 7.96. The number of hydrogen-bond donors (Lipinski definition) is 1. The van der Waals surface area contributed by atoms with Gasteiger partial charge in [-0.3, -0.25) is 0 Å². The molecule has 2 rings (SSSR count). The molecule has 0 aromatic heterocycles. The van der Waals surface area contributed by atoms with Crippen molar-refractivity contribution in [2.45, 2.75) is 40.0 Å². The first-order chi connectivity index (χ1) is 4.97. The zero-order valence-corrected chi connectivity index (χ0v) is 7.70. The van der Waals surface area contributed by atoms with Crippen molar-refractivity contribution in [1.29, 1.82) is 5.41 Å². The molecule has 1 nitrogen and oxygen atoms in total. The zero-order valence-electron chi connectivity index (χ0n) is 7.70. The molecule has 0 aromatic rings. The molecule has 2 aliphatic rings. The second-order valence-corrected chi connectivity index (χ2v) is 5.04. The molecule has 62 valence electrons. The maximum absolute atomic E-state index is 7.96. The van der Waals surface area contributed by atoms with Gasteiger partial charge in [0.1, 0.15) is 0 Å². The highest BCUT2D eigenvalue weighted by atomic mass is 14.7. The van der Waals surface area contributed by atoms with E-state index in [0.717, 1.165) is 5.71 Å². The SMILES string of the molecule is CC12CCC(C1)C(=N)C2(C)C. The lowest BCUT2D eigenvalue weighted by molar-refractivity contribution is 0.185. The monoisotopic (exact) mass is 151 g/mol. The van der Waals surface area contributed by atoms with Crippen LogP contribution in [0.2, 0.25) is 0 Å². The van der Waals surface area contributed by atoms with Crippen LogP contribution in [0.5, 0.6) is 0 Å². The summed E-state index contributed by atoms with van der Waals surface area (Å²) in [4.78, 5) is 0. The second kappa shape index (κ2) is 1.70.